The van der Waals surface area contributed by atoms with Gasteiger partial charge in [0.15, 0.2) is 0 Å². The second-order valence-electron chi connectivity index (χ2n) is 3.57. The van der Waals surface area contributed by atoms with Gasteiger partial charge in [-0.2, -0.15) is 0 Å². The van der Waals surface area contributed by atoms with Gasteiger partial charge in [0.1, 0.15) is 0 Å². The van der Waals surface area contributed by atoms with Crippen LogP contribution in [0.4, 0.5) is 0 Å². The lowest BCUT2D eigenvalue weighted by Crippen LogP contribution is -2.51. The summed E-state index contributed by atoms with van der Waals surface area (Å²) in [5.74, 6) is -0.0145. The van der Waals surface area contributed by atoms with Crippen molar-refractivity contribution in [3.05, 3.63) is 0 Å². The summed E-state index contributed by atoms with van der Waals surface area (Å²) in [6, 6.07) is 0. The molecule has 1 aliphatic rings. The van der Waals surface area contributed by atoms with Crippen molar-refractivity contribution in [1.29, 1.82) is 0 Å². The molecule has 0 aromatic heterocycles. The summed E-state index contributed by atoms with van der Waals surface area (Å²) < 4.78 is 21.3. The van der Waals surface area contributed by atoms with Gasteiger partial charge in [0.2, 0.25) is 10.0 Å². The van der Waals surface area contributed by atoms with Gasteiger partial charge in [0.05, 0.1) is 5.75 Å². The van der Waals surface area contributed by atoms with Crippen LogP contribution >= 0.6 is 0 Å². The Balaban J connectivity index is 2.14. The van der Waals surface area contributed by atoms with Crippen LogP contribution in [0.1, 0.15) is 0 Å². The maximum absolute atomic E-state index is 10.6. The minimum atomic E-state index is -3.34. The van der Waals surface area contributed by atoms with E-state index < -0.39 is 10.0 Å². The standard InChI is InChI=1S/C7H18N4O2S/c1-10-3-5-11(6-4-10)9-2-7-14(8,12)13/h9H,2-7H2,1H3,(H2,8,12,13). The van der Waals surface area contributed by atoms with Gasteiger partial charge in [0, 0.05) is 32.7 Å². The summed E-state index contributed by atoms with van der Waals surface area (Å²) in [5, 5.41) is 6.91. The van der Waals surface area contributed by atoms with Gasteiger partial charge in [0.25, 0.3) is 0 Å². The smallest absolute Gasteiger partial charge is 0.210 e. The fourth-order valence-corrected chi connectivity index (χ4v) is 1.69. The van der Waals surface area contributed by atoms with Crippen molar-refractivity contribution in [3.63, 3.8) is 0 Å². The average Bonchev–Trinajstić information content (AvgIpc) is 2.06. The monoisotopic (exact) mass is 222 g/mol. The number of rotatable bonds is 4. The third-order valence-corrected chi connectivity index (χ3v) is 3.00. The van der Waals surface area contributed by atoms with Gasteiger partial charge in [-0.05, 0) is 7.05 Å². The Hall–Kier alpha value is -0.210. The number of primary sulfonamides is 1. The van der Waals surface area contributed by atoms with Crippen LogP contribution in [0.5, 0.6) is 0 Å². The predicted molar refractivity (Wildman–Crippen MR) is 55.0 cm³/mol. The van der Waals surface area contributed by atoms with Crippen LogP contribution in [0.25, 0.3) is 0 Å². The molecule has 0 bridgehead atoms. The van der Waals surface area contributed by atoms with Crippen molar-refractivity contribution < 1.29 is 8.42 Å². The van der Waals surface area contributed by atoms with E-state index in [2.05, 4.69) is 17.4 Å². The Morgan fingerprint density at radius 1 is 1.29 bits per heavy atom. The quantitative estimate of drug-likeness (QED) is 0.577. The molecule has 0 saturated carbocycles. The van der Waals surface area contributed by atoms with E-state index in [4.69, 9.17) is 5.14 Å². The molecule has 0 aliphatic carbocycles. The Kier molecular flexibility index (Phi) is 4.27. The largest absolute Gasteiger partial charge is 0.304 e. The van der Waals surface area contributed by atoms with Crippen molar-refractivity contribution in [2.24, 2.45) is 5.14 Å². The highest BCUT2D eigenvalue weighted by molar-refractivity contribution is 7.89. The zero-order valence-electron chi connectivity index (χ0n) is 8.44. The molecule has 0 amide bonds. The third kappa shape index (κ3) is 4.87. The lowest BCUT2D eigenvalue weighted by molar-refractivity contribution is 0.107. The highest BCUT2D eigenvalue weighted by atomic mass is 32.2. The van der Waals surface area contributed by atoms with E-state index in [9.17, 15) is 8.42 Å². The van der Waals surface area contributed by atoms with Crippen LogP contribution in [-0.2, 0) is 10.0 Å². The molecule has 6 nitrogen and oxygen atoms in total. The number of likely N-dealkylation sites (N-methyl/N-ethyl adjacent to an activating group) is 1. The zero-order chi connectivity index (χ0) is 10.6. The van der Waals surface area contributed by atoms with E-state index in [0.29, 0.717) is 6.54 Å². The van der Waals surface area contributed by atoms with Gasteiger partial charge in [-0.15, -0.1) is 0 Å². The molecule has 0 unspecified atom stereocenters. The van der Waals surface area contributed by atoms with Crippen molar-refractivity contribution in [3.8, 4) is 0 Å². The SMILES string of the molecule is CN1CCN(NCCS(N)(=O)=O)CC1. The minimum absolute atomic E-state index is 0.0145. The first kappa shape index (κ1) is 11.9. The van der Waals surface area contributed by atoms with Crippen LogP contribution in [0.2, 0.25) is 0 Å². The zero-order valence-corrected chi connectivity index (χ0v) is 9.26. The van der Waals surface area contributed by atoms with Gasteiger partial charge < -0.3 is 4.90 Å². The van der Waals surface area contributed by atoms with Crippen molar-refractivity contribution >= 4 is 10.0 Å². The Labute approximate surface area is 85.1 Å². The molecule has 1 rings (SSSR count). The fraction of sp³-hybridized carbons (Fsp3) is 1.00. The maximum Gasteiger partial charge on any atom is 0.210 e. The van der Waals surface area contributed by atoms with Crippen LogP contribution in [0, 0.1) is 0 Å². The minimum Gasteiger partial charge on any atom is -0.304 e. The molecule has 0 aromatic rings. The lowest BCUT2D eigenvalue weighted by atomic mass is 10.4. The van der Waals surface area contributed by atoms with Crippen LogP contribution in [-0.4, -0.2) is 63.9 Å². The average molecular weight is 222 g/mol. The molecule has 0 atom stereocenters. The highest BCUT2D eigenvalue weighted by Crippen LogP contribution is 1.94. The van der Waals surface area contributed by atoms with E-state index in [0.717, 1.165) is 26.2 Å². The number of hydrazine groups is 1. The van der Waals surface area contributed by atoms with Crippen LogP contribution in [0.3, 0.4) is 0 Å². The maximum atomic E-state index is 10.6. The molecule has 14 heavy (non-hydrogen) atoms. The summed E-state index contributed by atoms with van der Waals surface area (Å²) in [5.41, 5.74) is 3.05. The van der Waals surface area contributed by atoms with E-state index in [1.54, 1.807) is 0 Å². The van der Waals surface area contributed by atoms with Crippen LogP contribution in [0.15, 0.2) is 0 Å². The summed E-state index contributed by atoms with van der Waals surface area (Å²) >= 11 is 0. The molecule has 0 aromatic carbocycles. The summed E-state index contributed by atoms with van der Waals surface area (Å²) in [4.78, 5) is 2.23. The Bertz CT molecular complexity index is 259. The number of nitrogens with two attached hydrogens (primary N) is 1. The van der Waals surface area contributed by atoms with Gasteiger partial charge in [-0.3, -0.25) is 5.43 Å². The van der Waals surface area contributed by atoms with Gasteiger partial charge in [-0.25, -0.2) is 18.6 Å². The molecule has 1 fully saturated rings. The lowest BCUT2D eigenvalue weighted by Gasteiger charge is -2.32. The normalized spacial score (nSPS) is 21.3. The molecule has 84 valence electrons. The molecule has 3 N–H and O–H groups in total. The summed E-state index contributed by atoms with van der Waals surface area (Å²) in [6.07, 6.45) is 0. The number of sulfonamides is 1. The number of piperazine rings is 1. The number of nitrogens with zero attached hydrogens (tertiary/aromatic N) is 2. The van der Waals surface area contributed by atoms with Crippen molar-refractivity contribution in [2.45, 2.75) is 0 Å². The summed E-state index contributed by atoms with van der Waals surface area (Å²) in [7, 11) is -1.26. The van der Waals surface area contributed by atoms with Crippen LogP contribution < -0.4 is 10.6 Å². The molecule has 1 saturated heterocycles. The first-order chi connectivity index (χ1) is 6.47. The predicted octanol–water partition coefficient (Wildman–Crippen LogP) is -1.97. The molecule has 0 spiro atoms. The van der Waals surface area contributed by atoms with E-state index in [1.807, 2.05) is 5.01 Å². The Morgan fingerprint density at radius 3 is 2.36 bits per heavy atom. The molecular weight excluding hydrogens is 204 g/mol. The third-order valence-electron chi connectivity index (χ3n) is 2.23. The Morgan fingerprint density at radius 2 is 1.86 bits per heavy atom. The summed E-state index contributed by atoms with van der Waals surface area (Å²) in [6.45, 7) is 4.23. The van der Waals surface area contributed by atoms with Gasteiger partial charge >= 0.3 is 0 Å². The fourth-order valence-electron chi connectivity index (χ4n) is 1.31. The first-order valence-electron chi connectivity index (χ1n) is 4.65. The highest BCUT2D eigenvalue weighted by Gasteiger charge is 2.13. The first-order valence-corrected chi connectivity index (χ1v) is 6.36. The molecular formula is C7H18N4O2S. The van der Waals surface area contributed by atoms with E-state index >= 15 is 0 Å². The molecule has 0 radical (unpaired) electrons. The van der Waals surface area contributed by atoms with Gasteiger partial charge in [-0.1, -0.05) is 0 Å². The number of hydrogen-bond donors (Lipinski definition) is 2. The second-order valence-corrected chi connectivity index (χ2v) is 5.30. The number of hydrogen-bond acceptors (Lipinski definition) is 5. The molecule has 1 aliphatic heterocycles. The van der Waals surface area contributed by atoms with E-state index in [-0.39, 0.29) is 5.75 Å². The molecule has 1 heterocycles. The van der Waals surface area contributed by atoms with Crippen molar-refractivity contribution in [1.82, 2.24) is 15.3 Å². The molecule has 7 heteroatoms. The van der Waals surface area contributed by atoms with E-state index in [1.165, 1.54) is 0 Å². The number of nitrogens with one attached hydrogen (secondary N) is 1. The van der Waals surface area contributed by atoms with Crippen molar-refractivity contribution in [2.75, 3.05) is 45.5 Å². The second kappa shape index (κ2) is 5.04. The topological polar surface area (TPSA) is 78.7 Å².